The monoisotopic (exact) mass is 391 g/mol. The van der Waals surface area contributed by atoms with E-state index in [-0.39, 0.29) is 16.8 Å². The number of hydrogen-bond donors (Lipinski definition) is 1. The Bertz CT molecular complexity index is 1060. The summed E-state index contributed by atoms with van der Waals surface area (Å²) in [6, 6.07) is 10.8. The number of para-hydroxylation sites is 1. The van der Waals surface area contributed by atoms with Gasteiger partial charge >= 0.3 is 6.01 Å². The highest BCUT2D eigenvalue weighted by Gasteiger charge is 2.21. The molecule has 0 aliphatic heterocycles. The molecule has 0 aliphatic rings. The Kier molecular flexibility index (Phi) is 5.17. The average Bonchev–Trinajstić information content (AvgIpc) is 3.09. The van der Waals surface area contributed by atoms with Gasteiger partial charge < -0.3 is 9.15 Å². The number of nitrogens with one attached hydrogen (secondary N) is 1. The maximum absolute atomic E-state index is 12.9. The number of hydrogen-bond acceptors (Lipinski definition) is 7. The number of anilines is 1. The third-order valence-corrected chi connectivity index (χ3v) is 5.14. The highest BCUT2D eigenvalue weighted by atomic mass is 32.2. The van der Waals surface area contributed by atoms with Crippen LogP contribution in [-0.2, 0) is 14.6 Å². The number of rotatable bonds is 6. The Morgan fingerprint density at radius 2 is 1.85 bits per heavy atom. The van der Waals surface area contributed by atoms with E-state index >= 15 is 0 Å². The molecule has 10 heteroatoms. The van der Waals surface area contributed by atoms with Crippen molar-refractivity contribution in [2.75, 3.05) is 18.2 Å². The van der Waals surface area contributed by atoms with E-state index in [0.717, 1.165) is 24.3 Å². The molecule has 0 bridgehead atoms. The van der Waals surface area contributed by atoms with E-state index < -0.39 is 27.3 Å². The number of benzene rings is 2. The molecular formula is C17H14FN3O5S. The highest BCUT2D eigenvalue weighted by Crippen LogP contribution is 2.29. The lowest BCUT2D eigenvalue weighted by molar-refractivity contribution is -0.114. The highest BCUT2D eigenvalue weighted by molar-refractivity contribution is 7.92. The van der Waals surface area contributed by atoms with Crippen LogP contribution in [0, 0.1) is 5.82 Å². The van der Waals surface area contributed by atoms with E-state index in [1.807, 2.05) is 0 Å². The minimum Gasteiger partial charge on any atom is -0.496 e. The number of carbonyl (C=O) groups excluding carboxylic acids is 1. The maximum atomic E-state index is 12.9. The van der Waals surface area contributed by atoms with Crippen LogP contribution in [0.4, 0.5) is 10.4 Å². The molecule has 0 radical (unpaired) electrons. The number of aromatic nitrogens is 2. The van der Waals surface area contributed by atoms with Gasteiger partial charge in [-0.1, -0.05) is 17.2 Å². The average molecular weight is 391 g/mol. The third kappa shape index (κ3) is 4.29. The molecule has 2 aromatic carbocycles. The molecule has 1 amide bonds. The van der Waals surface area contributed by atoms with Gasteiger partial charge in [-0.25, -0.2) is 12.8 Å². The van der Waals surface area contributed by atoms with Crippen molar-refractivity contribution in [3.8, 4) is 17.2 Å². The summed E-state index contributed by atoms with van der Waals surface area (Å²) >= 11 is 0. The van der Waals surface area contributed by atoms with Crippen molar-refractivity contribution in [3.05, 3.63) is 54.3 Å². The minimum atomic E-state index is -3.94. The fourth-order valence-corrected chi connectivity index (χ4v) is 3.39. The molecule has 3 aromatic rings. The summed E-state index contributed by atoms with van der Waals surface area (Å²) in [7, 11) is -2.46. The second-order valence-corrected chi connectivity index (χ2v) is 7.36. The first-order chi connectivity index (χ1) is 12.9. The molecular weight excluding hydrogens is 377 g/mol. The summed E-state index contributed by atoms with van der Waals surface area (Å²) in [5.41, 5.74) is 0.520. The molecule has 0 spiro atoms. The molecule has 140 valence electrons. The molecule has 1 aromatic heterocycles. The second kappa shape index (κ2) is 7.54. The van der Waals surface area contributed by atoms with Crippen LogP contribution >= 0.6 is 0 Å². The van der Waals surface area contributed by atoms with Crippen LogP contribution in [0.15, 0.2) is 57.8 Å². The first kappa shape index (κ1) is 18.5. The van der Waals surface area contributed by atoms with Gasteiger partial charge in [0.1, 0.15) is 17.3 Å². The summed E-state index contributed by atoms with van der Waals surface area (Å²) in [6.07, 6.45) is 0. The first-order valence-corrected chi connectivity index (χ1v) is 9.29. The van der Waals surface area contributed by atoms with Gasteiger partial charge in [0.25, 0.3) is 5.89 Å². The summed E-state index contributed by atoms with van der Waals surface area (Å²) in [5.74, 6) is -1.70. The van der Waals surface area contributed by atoms with Crippen molar-refractivity contribution < 1.29 is 26.8 Å². The number of methoxy groups -OCH3 is 1. The Hall–Kier alpha value is -3.27. The van der Waals surface area contributed by atoms with Crippen LogP contribution < -0.4 is 10.1 Å². The molecule has 0 unspecified atom stereocenters. The standard InChI is InChI=1S/C17H14FN3O5S/c1-25-14-5-3-2-4-13(14)16-20-21-17(26-16)19-15(22)10-27(23,24)12-8-6-11(18)7-9-12/h2-9H,10H2,1H3,(H,19,21,22). The number of halogens is 1. The lowest BCUT2D eigenvalue weighted by atomic mass is 10.2. The van der Waals surface area contributed by atoms with Crippen LogP contribution in [0.2, 0.25) is 0 Å². The van der Waals surface area contributed by atoms with Crippen molar-refractivity contribution in [2.24, 2.45) is 0 Å². The largest absolute Gasteiger partial charge is 0.496 e. The van der Waals surface area contributed by atoms with E-state index in [2.05, 4.69) is 15.5 Å². The number of sulfone groups is 1. The zero-order valence-corrected chi connectivity index (χ0v) is 14.9. The van der Waals surface area contributed by atoms with Gasteiger partial charge in [-0.3, -0.25) is 10.1 Å². The van der Waals surface area contributed by atoms with Crippen LogP contribution in [-0.4, -0.2) is 37.4 Å². The van der Waals surface area contributed by atoms with Crippen LogP contribution in [0.3, 0.4) is 0 Å². The molecule has 3 rings (SSSR count). The predicted octanol–water partition coefficient (Wildman–Crippen LogP) is 2.30. The summed E-state index contributed by atoms with van der Waals surface area (Å²) in [5, 5.41) is 9.72. The van der Waals surface area contributed by atoms with E-state index in [1.54, 1.807) is 24.3 Å². The maximum Gasteiger partial charge on any atom is 0.322 e. The SMILES string of the molecule is COc1ccccc1-c1nnc(NC(=O)CS(=O)(=O)c2ccc(F)cc2)o1. The molecule has 1 heterocycles. The van der Waals surface area contributed by atoms with Crippen molar-refractivity contribution in [1.29, 1.82) is 0 Å². The van der Waals surface area contributed by atoms with Crippen molar-refractivity contribution in [2.45, 2.75) is 4.90 Å². The molecule has 8 nitrogen and oxygen atoms in total. The fourth-order valence-electron chi connectivity index (χ4n) is 2.26. The van der Waals surface area contributed by atoms with Crippen molar-refractivity contribution >= 4 is 21.8 Å². The molecule has 0 aliphatic carbocycles. The minimum absolute atomic E-state index is 0.101. The fraction of sp³-hybridized carbons (Fsp3) is 0.118. The smallest absolute Gasteiger partial charge is 0.322 e. The van der Waals surface area contributed by atoms with Gasteiger partial charge in [-0.2, -0.15) is 0 Å². The summed E-state index contributed by atoms with van der Waals surface area (Å²) in [6.45, 7) is 0. The van der Waals surface area contributed by atoms with Crippen LogP contribution in [0.25, 0.3) is 11.5 Å². The third-order valence-electron chi connectivity index (χ3n) is 3.50. The van der Waals surface area contributed by atoms with Crippen LogP contribution in [0.1, 0.15) is 0 Å². The summed E-state index contributed by atoms with van der Waals surface area (Å²) in [4.78, 5) is 11.9. The van der Waals surface area contributed by atoms with Gasteiger partial charge in [0.2, 0.25) is 5.91 Å². The number of amides is 1. The Morgan fingerprint density at radius 3 is 2.56 bits per heavy atom. The lowest BCUT2D eigenvalue weighted by Crippen LogP contribution is -2.23. The Morgan fingerprint density at radius 1 is 1.15 bits per heavy atom. The van der Waals surface area contributed by atoms with Gasteiger partial charge in [0, 0.05) is 0 Å². The van der Waals surface area contributed by atoms with E-state index in [4.69, 9.17) is 9.15 Å². The van der Waals surface area contributed by atoms with Gasteiger partial charge in [0.05, 0.1) is 17.6 Å². The van der Waals surface area contributed by atoms with Crippen molar-refractivity contribution in [1.82, 2.24) is 10.2 Å². The van der Waals surface area contributed by atoms with Gasteiger partial charge in [-0.15, -0.1) is 5.10 Å². The molecule has 1 N–H and O–H groups in total. The molecule has 0 saturated heterocycles. The summed E-state index contributed by atoms with van der Waals surface area (Å²) < 4.78 is 47.8. The molecule has 27 heavy (non-hydrogen) atoms. The normalized spacial score (nSPS) is 11.2. The molecule has 0 fully saturated rings. The Labute approximate surface area is 153 Å². The number of ether oxygens (including phenoxy) is 1. The predicted molar refractivity (Wildman–Crippen MR) is 93.4 cm³/mol. The first-order valence-electron chi connectivity index (χ1n) is 7.64. The zero-order valence-electron chi connectivity index (χ0n) is 14.0. The lowest BCUT2D eigenvalue weighted by Gasteiger charge is -2.04. The number of carbonyl (C=O) groups is 1. The number of nitrogens with zero attached hydrogens (tertiary/aromatic N) is 2. The molecule has 0 atom stereocenters. The topological polar surface area (TPSA) is 111 Å². The molecule has 0 saturated carbocycles. The second-order valence-electron chi connectivity index (χ2n) is 5.37. The van der Waals surface area contributed by atoms with Gasteiger partial charge in [0.15, 0.2) is 9.84 Å². The van der Waals surface area contributed by atoms with Gasteiger partial charge in [-0.05, 0) is 36.4 Å². The van der Waals surface area contributed by atoms with Crippen molar-refractivity contribution in [3.63, 3.8) is 0 Å². The van der Waals surface area contributed by atoms with E-state index in [9.17, 15) is 17.6 Å². The quantitative estimate of drug-likeness (QED) is 0.642. The van der Waals surface area contributed by atoms with E-state index in [0.29, 0.717) is 11.3 Å². The zero-order chi connectivity index (χ0) is 19.4. The Balaban J connectivity index is 1.72. The van der Waals surface area contributed by atoms with Crippen LogP contribution in [0.5, 0.6) is 5.75 Å². The van der Waals surface area contributed by atoms with E-state index in [1.165, 1.54) is 7.11 Å².